The minimum atomic E-state index is -0.430. The van der Waals surface area contributed by atoms with E-state index in [1.165, 1.54) is 0 Å². The second kappa shape index (κ2) is 6.33. The summed E-state index contributed by atoms with van der Waals surface area (Å²) in [4.78, 5) is 0. The highest BCUT2D eigenvalue weighted by Crippen LogP contribution is 2.20. The summed E-state index contributed by atoms with van der Waals surface area (Å²) in [5.41, 5.74) is 0.925. The van der Waals surface area contributed by atoms with E-state index in [2.05, 4.69) is 19.9 Å². The number of methoxy groups -OCH3 is 1. The maximum absolute atomic E-state index is 9.90. The summed E-state index contributed by atoms with van der Waals surface area (Å²) in [5.74, 6) is 1.34. The second-order valence-corrected chi connectivity index (χ2v) is 4.20. The van der Waals surface area contributed by atoms with Gasteiger partial charge in [-0.05, 0) is 30.0 Å². The van der Waals surface area contributed by atoms with Crippen LogP contribution in [0, 0.1) is 5.92 Å². The largest absolute Gasteiger partial charge is 0.497 e. The molecule has 0 aliphatic rings. The van der Waals surface area contributed by atoms with Crippen molar-refractivity contribution in [2.45, 2.75) is 26.4 Å². The van der Waals surface area contributed by atoms with Gasteiger partial charge in [-0.2, -0.15) is 0 Å². The summed E-state index contributed by atoms with van der Waals surface area (Å²) >= 11 is 0. The summed E-state index contributed by atoms with van der Waals surface area (Å²) in [6.07, 6.45) is 4.36. The van der Waals surface area contributed by atoms with Crippen molar-refractivity contribution in [1.82, 2.24) is 0 Å². The van der Waals surface area contributed by atoms with E-state index in [1.54, 1.807) is 7.11 Å². The Kier molecular flexibility index (Phi) is 5.06. The van der Waals surface area contributed by atoms with Crippen molar-refractivity contribution >= 4 is 0 Å². The number of ether oxygens (including phenoxy) is 1. The molecule has 0 aromatic heterocycles. The fourth-order valence-electron chi connectivity index (χ4n) is 1.44. The molecule has 1 aromatic rings. The Morgan fingerprint density at radius 3 is 2.38 bits per heavy atom. The minimum absolute atomic E-state index is 0.430. The Morgan fingerprint density at radius 2 is 1.88 bits per heavy atom. The van der Waals surface area contributed by atoms with Gasteiger partial charge in [0.1, 0.15) is 5.75 Å². The molecule has 0 saturated heterocycles. The van der Waals surface area contributed by atoms with Crippen LogP contribution in [-0.4, -0.2) is 12.2 Å². The normalized spacial score (nSPS) is 13.3. The van der Waals surface area contributed by atoms with E-state index >= 15 is 0 Å². The van der Waals surface area contributed by atoms with Gasteiger partial charge in [-0.25, -0.2) is 0 Å². The molecule has 0 bridgehead atoms. The number of rotatable bonds is 5. The lowest BCUT2D eigenvalue weighted by Crippen LogP contribution is -1.95. The van der Waals surface area contributed by atoms with Gasteiger partial charge < -0.3 is 9.84 Å². The van der Waals surface area contributed by atoms with E-state index in [1.807, 2.05) is 30.3 Å². The van der Waals surface area contributed by atoms with E-state index < -0.39 is 6.10 Å². The first-order valence-corrected chi connectivity index (χ1v) is 5.62. The lowest BCUT2D eigenvalue weighted by molar-refractivity contribution is 0.181. The molecule has 0 fully saturated rings. The highest BCUT2D eigenvalue weighted by atomic mass is 16.5. The van der Waals surface area contributed by atoms with Crippen LogP contribution >= 0.6 is 0 Å². The average molecular weight is 220 g/mol. The molecule has 1 rings (SSSR count). The Labute approximate surface area is 97.6 Å². The topological polar surface area (TPSA) is 29.5 Å². The maximum atomic E-state index is 9.90. The van der Waals surface area contributed by atoms with Crippen LogP contribution < -0.4 is 4.74 Å². The first-order chi connectivity index (χ1) is 7.63. The van der Waals surface area contributed by atoms with E-state index in [0.717, 1.165) is 11.3 Å². The third kappa shape index (κ3) is 4.07. The first kappa shape index (κ1) is 12.8. The van der Waals surface area contributed by atoms with Gasteiger partial charge in [0.15, 0.2) is 0 Å². The third-order valence-electron chi connectivity index (χ3n) is 2.38. The van der Waals surface area contributed by atoms with Crippen molar-refractivity contribution < 1.29 is 9.84 Å². The molecule has 2 heteroatoms. The average Bonchev–Trinajstić information content (AvgIpc) is 2.28. The van der Waals surface area contributed by atoms with Gasteiger partial charge in [-0.1, -0.05) is 38.1 Å². The standard InChI is InChI=1S/C14H20O2/c1-11(2)5-4-6-14(15)12-7-9-13(16-3)10-8-12/h4-5,7-11,14-15H,6H2,1-3H3/b5-4-. The SMILES string of the molecule is COc1ccc(C(O)C/C=C\C(C)C)cc1. The fraction of sp³-hybridized carbons (Fsp3) is 0.429. The summed E-state index contributed by atoms with van der Waals surface area (Å²) in [7, 11) is 1.64. The maximum Gasteiger partial charge on any atom is 0.118 e. The Hall–Kier alpha value is -1.28. The number of allylic oxidation sites excluding steroid dienone is 1. The molecule has 1 atom stereocenters. The van der Waals surface area contributed by atoms with E-state index in [0.29, 0.717) is 12.3 Å². The van der Waals surface area contributed by atoms with E-state index in [4.69, 9.17) is 4.74 Å². The first-order valence-electron chi connectivity index (χ1n) is 5.62. The van der Waals surface area contributed by atoms with E-state index in [-0.39, 0.29) is 0 Å². The number of hydrogen-bond donors (Lipinski definition) is 1. The Bertz CT molecular complexity index is 325. The molecule has 1 aromatic carbocycles. The number of aliphatic hydroxyl groups excluding tert-OH is 1. The highest BCUT2D eigenvalue weighted by molar-refractivity contribution is 5.28. The fourth-order valence-corrected chi connectivity index (χ4v) is 1.44. The van der Waals surface area contributed by atoms with Crippen molar-refractivity contribution in [1.29, 1.82) is 0 Å². The van der Waals surface area contributed by atoms with Gasteiger partial charge in [0.05, 0.1) is 13.2 Å². The lowest BCUT2D eigenvalue weighted by Gasteiger charge is -2.09. The van der Waals surface area contributed by atoms with Crippen LogP contribution in [0.25, 0.3) is 0 Å². The van der Waals surface area contributed by atoms with Crippen LogP contribution in [0.15, 0.2) is 36.4 Å². The van der Waals surface area contributed by atoms with Gasteiger partial charge in [0.25, 0.3) is 0 Å². The molecular formula is C14H20O2. The second-order valence-electron chi connectivity index (χ2n) is 4.20. The van der Waals surface area contributed by atoms with Gasteiger partial charge in [-0.15, -0.1) is 0 Å². The van der Waals surface area contributed by atoms with Crippen LogP contribution in [-0.2, 0) is 0 Å². The summed E-state index contributed by atoms with van der Waals surface area (Å²) < 4.78 is 5.07. The van der Waals surface area contributed by atoms with Gasteiger partial charge in [0.2, 0.25) is 0 Å². The number of aliphatic hydroxyl groups is 1. The zero-order chi connectivity index (χ0) is 12.0. The molecule has 16 heavy (non-hydrogen) atoms. The van der Waals surface area contributed by atoms with Crippen molar-refractivity contribution in [2.24, 2.45) is 5.92 Å². The monoisotopic (exact) mass is 220 g/mol. The minimum Gasteiger partial charge on any atom is -0.497 e. The molecule has 1 unspecified atom stereocenters. The van der Waals surface area contributed by atoms with Crippen LogP contribution in [0.2, 0.25) is 0 Å². The van der Waals surface area contributed by atoms with Crippen molar-refractivity contribution in [3.63, 3.8) is 0 Å². The van der Waals surface area contributed by atoms with Gasteiger partial charge in [0, 0.05) is 0 Å². The van der Waals surface area contributed by atoms with Crippen molar-refractivity contribution in [3.8, 4) is 5.75 Å². The molecule has 1 N–H and O–H groups in total. The Morgan fingerprint density at radius 1 is 1.25 bits per heavy atom. The van der Waals surface area contributed by atoms with Crippen molar-refractivity contribution in [2.75, 3.05) is 7.11 Å². The summed E-state index contributed by atoms with van der Waals surface area (Å²) in [6, 6.07) is 7.52. The van der Waals surface area contributed by atoms with E-state index in [9.17, 15) is 5.11 Å². The van der Waals surface area contributed by atoms with Crippen molar-refractivity contribution in [3.05, 3.63) is 42.0 Å². The summed E-state index contributed by atoms with van der Waals surface area (Å²) in [5, 5.41) is 9.90. The molecule has 0 saturated carbocycles. The number of hydrogen-bond acceptors (Lipinski definition) is 2. The Balaban J connectivity index is 2.55. The van der Waals surface area contributed by atoms with Crippen LogP contribution in [0.5, 0.6) is 5.75 Å². The van der Waals surface area contributed by atoms with Gasteiger partial charge in [-0.3, -0.25) is 0 Å². The molecule has 0 heterocycles. The molecule has 88 valence electrons. The molecule has 0 spiro atoms. The predicted octanol–water partition coefficient (Wildman–Crippen LogP) is 3.33. The third-order valence-corrected chi connectivity index (χ3v) is 2.38. The molecule has 0 aliphatic carbocycles. The smallest absolute Gasteiger partial charge is 0.118 e. The predicted molar refractivity (Wildman–Crippen MR) is 66.5 cm³/mol. The van der Waals surface area contributed by atoms with Crippen LogP contribution in [0.4, 0.5) is 0 Å². The van der Waals surface area contributed by atoms with Gasteiger partial charge >= 0.3 is 0 Å². The molecule has 0 radical (unpaired) electrons. The molecule has 0 amide bonds. The molecule has 2 nitrogen and oxygen atoms in total. The number of benzene rings is 1. The zero-order valence-electron chi connectivity index (χ0n) is 10.2. The highest BCUT2D eigenvalue weighted by Gasteiger charge is 2.05. The zero-order valence-corrected chi connectivity index (χ0v) is 10.2. The molecular weight excluding hydrogens is 200 g/mol. The van der Waals surface area contributed by atoms with Crippen LogP contribution in [0.3, 0.4) is 0 Å². The summed E-state index contributed by atoms with van der Waals surface area (Å²) in [6.45, 7) is 4.24. The van der Waals surface area contributed by atoms with Crippen LogP contribution in [0.1, 0.15) is 31.9 Å². The lowest BCUT2D eigenvalue weighted by atomic mass is 10.1. The molecule has 0 aliphatic heterocycles. The quantitative estimate of drug-likeness (QED) is 0.771.